The molecule has 0 aromatic rings. The molecule has 0 rings (SSSR count). The van der Waals surface area contributed by atoms with Crippen molar-refractivity contribution in [3.63, 3.8) is 0 Å². The van der Waals surface area contributed by atoms with Crippen LogP contribution < -0.4 is 10.6 Å². The van der Waals surface area contributed by atoms with Crippen LogP contribution >= 0.6 is 24.0 Å². The van der Waals surface area contributed by atoms with Gasteiger partial charge in [-0.05, 0) is 33.6 Å². The molecule has 0 fully saturated rings. The Morgan fingerprint density at radius 2 is 2.00 bits per heavy atom. The van der Waals surface area contributed by atoms with Crippen LogP contribution in [0.1, 0.15) is 34.6 Å². The monoisotopic (exact) mass is 440 g/mol. The molecule has 0 aromatic carbocycles. The van der Waals surface area contributed by atoms with Gasteiger partial charge >= 0.3 is 6.09 Å². The number of hydrogen-bond donors (Lipinski definition) is 2. The van der Waals surface area contributed by atoms with Gasteiger partial charge in [0.1, 0.15) is 5.60 Å². The predicted molar refractivity (Wildman–Crippen MR) is 108 cm³/mol. The van der Waals surface area contributed by atoms with Crippen molar-refractivity contribution >= 4 is 36.0 Å². The van der Waals surface area contributed by atoms with Crippen LogP contribution in [-0.4, -0.2) is 55.8 Å². The lowest BCUT2D eigenvalue weighted by molar-refractivity contribution is 0.0279. The fraction of sp³-hybridized carbons (Fsp3) is 0.750. The molecule has 0 radical (unpaired) electrons. The van der Waals surface area contributed by atoms with E-state index in [1.54, 1.807) is 18.0 Å². The summed E-state index contributed by atoms with van der Waals surface area (Å²) < 4.78 is 5.33. The molecule has 0 bridgehead atoms. The molecule has 23 heavy (non-hydrogen) atoms. The summed E-state index contributed by atoms with van der Waals surface area (Å²) in [6.45, 7) is 16.0. The number of aliphatic imine (C=N–C) groups is 1. The van der Waals surface area contributed by atoms with E-state index in [0.29, 0.717) is 19.6 Å². The van der Waals surface area contributed by atoms with Crippen molar-refractivity contribution in [1.29, 1.82) is 0 Å². The first-order valence-electron chi connectivity index (χ1n) is 7.76. The van der Waals surface area contributed by atoms with Crippen LogP contribution in [0.15, 0.2) is 17.6 Å². The Balaban J connectivity index is 0. The van der Waals surface area contributed by atoms with Gasteiger partial charge in [-0.3, -0.25) is 4.99 Å². The Bertz CT molecular complexity index is 381. The highest BCUT2D eigenvalue weighted by Crippen LogP contribution is 2.10. The second-order valence-electron chi connectivity index (χ2n) is 6.36. The van der Waals surface area contributed by atoms with Crippen LogP contribution in [0, 0.1) is 5.92 Å². The Morgan fingerprint density at radius 3 is 2.48 bits per heavy atom. The number of carbonyl (C=O) groups excluding carboxylic acids is 1. The second-order valence-corrected chi connectivity index (χ2v) is 6.36. The molecule has 0 saturated heterocycles. The molecular formula is C16H33IN4O2. The maximum atomic E-state index is 11.9. The van der Waals surface area contributed by atoms with E-state index < -0.39 is 5.60 Å². The zero-order valence-corrected chi connectivity index (χ0v) is 17.6. The summed E-state index contributed by atoms with van der Waals surface area (Å²) in [7, 11) is 1.75. The minimum Gasteiger partial charge on any atom is -0.444 e. The van der Waals surface area contributed by atoms with Gasteiger partial charge in [-0.25, -0.2) is 4.79 Å². The van der Waals surface area contributed by atoms with Gasteiger partial charge in [0.25, 0.3) is 0 Å². The molecule has 1 atom stereocenters. The molecule has 0 aliphatic carbocycles. The van der Waals surface area contributed by atoms with Gasteiger partial charge < -0.3 is 20.3 Å². The van der Waals surface area contributed by atoms with Crippen molar-refractivity contribution in [2.24, 2.45) is 10.9 Å². The standard InChI is InChI=1S/C16H32N4O2.HI/c1-8-10-18-14(17-9-2)19-11-13(3)12-20(7)15(21)22-16(4,5)6;/h8,13H,1,9-12H2,2-7H3,(H2,17,18,19);1H. The van der Waals surface area contributed by atoms with E-state index in [1.807, 2.05) is 27.7 Å². The Morgan fingerprint density at radius 1 is 1.39 bits per heavy atom. The van der Waals surface area contributed by atoms with Gasteiger partial charge in [0.2, 0.25) is 0 Å². The molecular weight excluding hydrogens is 407 g/mol. The zero-order chi connectivity index (χ0) is 17.2. The second kappa shape index (κ2) is 12.4. The maximum absolute atomic E-state index is 11.9. The fourth-order valence-electron chi connectivity index (χ4n) is 1.70. The van der Waals surface area contributed by atoms with Crippen LogP contribution in [0.25, 0.3) is 0 Å². The van der Waals surface area contributed by atoms with E-state index in [0.717, 1.165) is 12.5 Å². The molecule has 1 amide bonds. The van der Waals surface area contributed by atoms with Crippen LogP contribution in [0.4, 0.5) is 4.79 Å². The van der Waals surface area contributed by atoms with Crippen molar-refractivity contribution in [2.75, 3.05) is 33.2 Å². The Hall–Kier alpha value is -0.990. The highest BCUT2D eigenvalue weighted by Gasteiger charge is 2.20. The summed E-state index contributed by atoms with van der Waals surface area (Å²) in [4.78, 5) is 18.0. The zero-order valence-electron chi connectivity index (χ0n) is 15.3. The van der Waals surface area contributed by atoms with Gasteiger partial charge in [0.15, 0.2) is 5.96 Å². The van der Waals surface area contributed by atoms with Gasteiger partial charge in [0.05, 0.1) is 0 Å². The Kier molecular flexibility index (Phi) is 13.1. The molecule has 0 saturated carbocycles. The lowest BCUT2D eigenvalue weighted by Gasteiger charge is -2.26. The van der Waals surface area contributed by atoms with Crippen molar-refractivity contribution in [2.45, 2.75) is 40.2 Å². The smallest absolute Gasteiger partial charge is 0.410 e. The first-order chi connectivity index (χ1) is 10.2. The number of nitrogens with zero attached hydrogens (tertiary/aromatic N) is 2. The molecule has 0 aliphatic heterocycles. The summed E-state index contributed by atoms with van der Waals surface area (Å²) in [5, 5.41) is 6.31. The molecule has 0 aliphatic rings. The van der Waals surface area contributed by atoms with E-state index in [9.17, 15) is 4.79 Å². The molecule has 2 N–H and O–H groups in total. The third-order valence-corrected chi connectivity index (χ3v) is 2.61. The summed E-state index contributed by atoms with van der Waals surface area (Å²) >= 11 is 0. The van der Waals surface area contributed by atoms with Crippen molar-refractivity contribution in [3.8, 4) is 0 Å². The number of carbonyl (C=O) groups is 1. The average molecular weight is 440 g/mol. The maximum Gasteiger partial charge on any atom is 0.410 e. The van der Waals surface area contributed by atoms with Crippen molar-refractivity contribution in [3.05, 3.63) is 12.7 Å². The average Bonchev–Trinajstić information content (AvgIpc) is 2.40. The number of amides is 1. The lowest BCUT2D eigenvalue weighted by atomic mass is 10.2. The summed E-state index contributed by atoms with van der Waals surface area (Å²) in [5.74, 6) is 0.992. The van der Waals surface area contributed by atoms with Crippen molar-refractivity contribution in [1.82, 2.24) is 15.5 Å². The first kappa shape index (κ1) is 24.3. The quantitative estimate of drug-likeness (QED) is 0.277. The van der Waals surface area contributed by atoms with E-state index in [4.69, 9.17) is 4.74 Å². The third-order valence-electron chi connectivity index (χ3n) is 2.61. The molecule has 1 unspecified atom stereocenters. The number of hydrogen-bond acceptors (Lipinski definition) is 3. The minimum atomic E-state index is -0.473. The van der Waals surface area contributed by atoms with Crippen molar-refractivity contribution < 1.29 is 9.53 Å². The number of halogens is 1. The van der Waals surface area contributed by atoms with Crippen LogP contribution in [-0.2, 0) is 4.74 Å². The van der Waals surface area contributed by atoms with Crippen LogP contribution in [0.5, 0.6) is 0 Å². The van der Waals surface area contributed by atoms with E-state index in [-0.39, 0.29) is 36.0 Å². The van der Waals surface area contributed by atoms with Gasteiger partial charge in [-0.15, -0.1) is 30.6 Å². The topological polar surface area (TPSA) is 66.0 Å². The normalized spacial score (nSPS) is 12.7. The molecule has 136 valence electrons. The number of ether oxygens (including phenoxy) is 1. The summed E-state index contributed by atoms with van der Waals surface area (Å²) in [6, 6.07) is 0. The van der Waals surface area contributed by atoms with Crippen LogP contribution in [0.3, 0.4) is 0 Å². The van der Waals surface area contributed by atoms with E-state index >= 15 is 0 Å². The summed E-state index contributed by atoms with van der Waals surface area (Å²) in [5.41, 5.74) is -0.473. The SMILES string of the molecule is C=CCNC(=NCC(C)CN(C)C(=O)OC(C)(C)C)NCC.I. The molecule has 0 heterocycles. The molecule has 0 aromatic heterocycles. The minimum absolute atomic E-state index is 0. The fourth-order valence-corrected chi connectivity index (χ4v) is 1.70. The molecule has 6 nitrogen and oxygen atoms in total. The van der Waals surface area contributed by atoms with Gasteiger partial charge in [-0.1, -0.05) is 13.0 Å². The Labute approximate surface area is 158 Å². The highest BCUT2D eigenvalue weighted by molar-refractivity contribution is 14.0. The summed E-state index contributed by atoms with van der Waals surface area (Å²) in [6.07, 6.45) is 1.48. The van der Waals surface area contributed by atoms with Gasteiger partial charge in [-0.2, -0.15) is 0 Å². The first-order valence-corrected chi connectivity index (χ1v) is 7.76. The predicted octanol–water partition coefficient (Wildman–Crippen LogP) is 2.85. The molecule has 0 spiro atoms. The number of guanidine groups is 1. The molecule has 7 heteroatoms. The lowest BCUT2D eigenvalue weighted by Crippen LogP contribution is -2.39. The number of rotatable bonds is 7. The van der Waals surface area contributed by atoms with Gasteiger partial charge in [0, 0.05) is 33.2 Å². The van der Waals surface area contributed by atoms with E-state index in [2.05, 4.69) is 29.1 Å². The highest BCUT2D eigenvalue weighted by atomic mass is 127. The number of nitrogens with one attached hydrogen (secondary N) is 2. The largest absolute Gasteiger partial charge is 0.444 e. The van der Waals surface area contributed by atoms with E-state index in [1.165, 1.54) is 0 Å². The van der Waals surface area contributed by atoms with Crippen LogP contribution in [0.2, 0.25) is 0 Å². The third kappa shape index (κ3) is 13.2.